The molecular weight excluding hydrogens is 372 g/mol. The number of carbonyl (C=O) groups is 2. The third kappa shape index (κ3) is 3.29. The van der Waals surface area contributed by atoms with E-state index in [9.17, 15) is 9.59 Å². The number of hydrogen-bond acceptors (Lipinski definition) is 5. The number of methoxy groups -OCH3 is 1. The molecule has 0 aliphatic carbocycles. The van der Waals surface area contributed by atoms with Crippen molar-refractivity contribution in [2.45, 2.75) is 6.54 Å². The number of carbonyl (C=O) groups excluding carboxylic acids is 2. The largest absolute Gasteiger partial charge is 0.493 e. The van der Waals surface area contributed by atoms with Crippen molar-refractivity contribution in [3.63, 3.8) is 0 Å². The summed E-state index contributed by atoms with van der Waals surface area (Å²) in [5.74, 6) is 1.13. The molecule has 27 heavy (non-hydrogen) atoms. The summed E-state index contributed by atoms with van der Waals surface area (Å²) >= 11 is 5.87. The molecule has 1 fully saturated rings. The molecule has 4 rings (SSSR count). The summed E-state index contributed by atoms with van der Waals surface area (Å²) in [6.07, 6.45) is 1.58. The number of amides is 3. The van der Waals surface area contributed by atoms with Crippen molar-refractivity contribution < 1.29 is 23.8 Å². The molecule has 1 saturated heterocycles. The highest BCUT2D eigenvalue weighted by atomic mass is 35.5. The molecule has 0 bridgehead atoms. The molecule has 2 aromatic carbocycles. The van der Waals surface area contributed by atoms with Gasteiger partial charge in [-0.2, -0.15) is 0 Å². The minimum absolute atomic E-state index is 0.107. The Bertz CT molecular complexity index is 955. The lowest BCUT2D eigenvalue weighted by Crippen LogP contribution is -2.30. The fourth-order valence-electron chi connectivity index (χ4n) is 2.89. The molecule has 0 aromatic heterocycles. The first-order chi connectivity index (χ1) is 13.0. The van der Waals surface area contributed by atoms with E-state index in [1.54, 1.807) is 42.5 Å². The Morgan fingerprint density at radius 1 is 1.22 bits per heavy atom. The number of rotatable bonds is 4. The Morgan fingerprint density at radius 2 is 2.00 bits per heavy atom. The number of imide groups is 1. The summed E-state index contributed by atoms with van der Waals surface area (Å²) in [4.78, 5) is 26.0. The molecule has 2 aromatic rings. The lowest BCUT2D eigenvalue weighted by atomic mass is 10.1. The van der Waals surface area contributed by atoms with Gasteiger partial charge in [0, 0.05) is 5.02 Å². The number of hydrogen-bond donors (Lipinski definition) is 1. The minimum Gasteiger partial charge on any atom is -0.493 e. The van der Waals surface area contributed by atoms with Crippen LogP contribution in [0.25, 0.3) is 6.08 Å². The van der Waals surface area contributed by atoms with Gasteiger partial charge in [0.25, 0.3) is 5.91 Å². The second-order valence-corrected chi connectivity index (χ2v) is 6.40. The van der Waals surface area contributed by atoms with E-state index in [0.29, 0.717) is 27.8 Å². The van der Waals surface area contributed by atoms with Gasteiger partial charge in [0.15, 0.2) is 11.5 Å². The van der Waals surface area contributed by atoms with Crippen molar-refractivity contribution in [1.29, 1.82) is 0 Å². The molecular formula is C19H15ClN2O5. The zero-order valence-corrected chi connectivity index (χ0v) is 15.1. The molecule has 0 saturated carbocycles. The van der Waals surface area contributed by atoms with Crippen LogP contribution in [0, 0.1) is 0 Å². The van der Waals surface area contributed by atoms with Crippen LogP contribution in [0.15, 0.2) is 42.1 Å². The fourth-order valence-corrected chi connectivity index (χ4v) is 3.01. The molecule has 1 N–H and O–H groups in total. The van der Waals surface area contributed by atoms with Gasteiger partial charge < -0.3 is 19.5 Å². The predicted molar refractivity (Wildman–Crippen MR) is 97.6 cm³/mol. The van der Waals surface area contributed by atoms with Crippen LogP contribution in [0.1, 0.15) is 11.1 Å². The first-order valence-electron chi connectivity index (χ1n) is 8.12. The Labute approximate surface area is 160 Å². The Balaban J connectivity index is 1.59. The SMILES string of the molecule is COc1cc(C=C2NC(=O)N(Cc3ccc(Cl)cc3)C2=O)cc2c1OCO2. The maximum atomic E-state index is 12.6. The van der Waals surface area contributed by atoms with E-state index in [4.69, 9.17) is 25.8 Å². The van der Waals surface area contributed by atoms with E-state index in [1.165, 1.54) is 7.11 Å². The van der Waals surface area contributed by atoms with Gasteiger partial charge in [-0.05, 0) is 41.5 Å². The Kier molecular flexibility index (Phi) is 4.37. The van der Waals surface area contributed by atoms with Crippen LogP contribution in [0.4, 0.5) is 4.79 Å². The monoisotopic (exact) mass is 386 g/mol. The summed E-state index contributed by atoms with van der Waals surface area (Å²) in [6, 6.07) is 9.92. The molecule has 8 heteroatoms. The second-order valence-electron chi connectivity index (χ2n) is 5.96. The number of halogens is 1. The highest BCUT2D eigenvalue weighted by Gasteiger charge is 2.33. The van der Waals surface area contributed by atoms with Crippen molar-refractivity contribution in [2.75, 3.05) is 13.9 Å². The molecule has 7 nitrogen and oxygen atoms in total. The molecule has 2 aliphatic heterocycles. The smallest absolute Gasteiger partial charge is 0.329 e. The average Bonchev–Trinajstić information content (AvgIpc) is 3.23. The van der Waals surface area contributed by atoms with Gasteiger partial charge in [-0.1, -0.05) is 23.7 Å². The van der Waals surface area contributed by atoms with Crippen LogP contribution in [0.2, 0.25) is 5.02 Å². The van der Waals surface area contributed by atoms with Gasteiger partial charge >= 0.3 is 6.03 Å². The summed E-state index contributed by atoms with van der Waals surface area (Å²) in [5.41, 5.74) is 1.62. The van der Waals surface area contributed by atoms with Crippen molar-refractivity contribution >= 4 is 29.6 Å². The molecule has 0 spiro atoms. The summed E-state index contributed by atoms with van der Waals surface area (Å²) in [6.45, 7) is 0.264. The number of fused-ring (bicyclic) bond motifs is 1. The quantitative estimate of drug-likeness (QED) is 0.645. The van der Waals surface area contributed by atoms with E-state index in [2.05, 4.69) is 5.32 Å². The number of benzene rings is 2. The molecule has 3 amide bonds. The van der Waals surface area contributed by atoms with Gasteiger partial charge in [0.05, 0.1) is 13.7 Å². The van der Waals surface area contributed by atoms with Gasteiger partial charge in [0.1, 0.15) is 5.70 Å². The van der Waals surface area contributed by atoms with Crippen molar-refractivity contribution in [3.05, 3.63) is 58.2 Å². The van der Waals surface area contributed by atoms with E-state index in [1.807, 2.05) is 0 Å². The molecule has 2 aliphatic rings. The van der Waals surface area contributed by atoms with Crippen LogP contribution in [0.3, 0.4) is 0 Å². The maximum absolute atomic E-state index is 12.6. The third-order valence-electron chi connectivity index (χ3n) is 4.21. The standard InChI is InChI=1S/C19H15ClN2O5/c1-25-15-7-12(8-16-17(15)27-10-26-16)6-14-18(23)22(19(24)21-14)9-11-2-4-13(20)5-3-11/h2-8H,9-10H2,1H3,(H,21,24). The zero-order valence-electron chi connectivity index (χ0n) is 14.3. The van der Waals surface area contributed by atoms with Gasteiger partial charge in [-0.25, -0.2) is 4.79 Å². The minimum atomic E-state index is -0.478. The molecule has 2 heterocycles. The highest BCUT2D eigenvalue weighted by Crippen LogP contribution is 2.42. The van der Waals surface area contributed by atoms with Gasteiger partial charge in [0.2, 0.25) is 12.5 Å². The molecule has 138 valence electrons. The lowest BCUT2D eigenvalue weighted by molar-refractivity contribution is -0.123. The van der Waals surface area contributed by atoms with E-state index < -0.39 is 11.9 Å². The number of nitrogens with one attached hydrogen (secondary N) is 1. The van der Waals surface area contributed by atoms with E-state index in [-0.39, 0.29) is 19.0 Å². The highest BCUT2D eigenvalue weighted by molar-refractivity contribution is 6.30. The topological polar surface area (TPSA) is 77.1 Å². The van der Waals surface area contributed by atoms with Crippen LogP contribution < -0.4 is 19.5 Å². The molecule has 0 unspecified atom stereocenters. The predicted octanol–water partition coefficient (Wildman–Crippen LogP) is 3.17. The van der Waals surface area contributed by atoms with E-state index >= 15 is 0 Å². The number of ether oxygens (including phenoxy) is 3. The van der Waals surface area contributed by atoms with Crippen LogP contribution in [-0.4, -0.2) is 30.7 Å². The van der Waals surface area contributed by atoms with Crippen molar-refractivity contribution in [3.8, 4) is 17.2 Å². The molecule has 0 atom stereocenters. The van der Waals surface area contributed by atoms with Crippen LogP contribution in [0.5, 0.6) is 17.2 Å². The number of nitrogens with zero attached hydrogens (tertiary/aromatic N) is 1. The first kappa shape index (κ1) is 17.2. The summed E-state index contributed by atoms with van der Waals surface area (Å²) < 4.78 is 16.0. The Hall–Kier alpha value is -3.19. The van der Waals surface area contributed by atoms with Crippen molar-refractivity contribution in [2.24, 2.45) is 0 Å². The van der Waals surface area contributed by atoms with Crippen LogP contribution in [-0.2, 0) is 11.3 Å². The third-order valence-corrected chi connectivity index (χ3v) is 4.46. The Morgan fingerprint density at radius 3 is 2.74 bits per heavy atom. The zero-order chi connectivity index (χ0) is 19.0. The average molecular weight is 387 g/mol. The number of urea groups is 1. The summed E-state index contributed by atoms with van der Waals surface area (Å²) in [5, 5.41) is 3.19. The summed E-state index contributed by atoms with van der Waals surface area (Å²) in [7, 11) is 1.52. The van der Waals surface area contributed by atoms with Crippen molar-refractivity contribution in [1.82, 2.24) is 10.2 Å². The van der Waals surface area contributed by atoms with E-state index in [0.717, 1.165) is 10.5 Å². The first-order valence-corrected chi connectivity index (χ1v) is 8.49. The normalized spacial score (nSPS) is 16.8. The molecule has 0 radical (unpaired) electrons. The fraction of sp³-hybridized carbons (Fsp3) is 0.158. The van der Waals surface area contributed by atoms with Gasteiger partial charge in [-0.15, -0.1) is 0 Å². The lowest BCUT2D eigenvalue weighted by Gasteiger charge is -2.11. The maximum Gasteiger partial charge on any atom is 0.329 e. The van der Waals surface area contributed by atoms with Crippen LogP contribution >= 0.6 is 11.6 Å². The second kappa shape index (κ2) is 6.85. The van der Waals surface area contributed by atoms with Gasteiger partial charge in [-0.3, -0.25) is 9.69 Å².